The van der Waals surface area contributed by atoms with Gasteiger partial charge >= 0.3 is 12.8 Å². The number of hydrogen-bond donors (Lipinski definition) is 1. The van der Waals surface area contributed by atoms with E-state index in [0.29, 0.717) is 26.2 Å². The second-order valence-electron chi connectivity index (χ2n) is 7.53. The van der Waals surface area contributed by atoms with Gasteiger partial charge in [-0.15, -0.1) is 0 Å². The number of hydrogen-bond acceptors (Lipinski definition) is 8. The van der Waals surface area contributed by atoms with Crippen LogP contribution in [0.3, 0.4) is 0 Å². The van der Waals surface area contributed by atoms with Gasteiger partial charge in [0.1, 0.15) is 0 Å². The highest BCUT2D eigenvalue weighted by Gasteiger charge is 2.24. The van der Waals surface area contributed by atoms with Gasteiger partial charge in [-0.2, -0.15) is 0 Å². The first-order chi connectivity index (χ1) is 15.4. The molecule has 9 heteroatoms. The maximum atomic E-state index is 12.1. The lowest BCUT2D eigenvalue weighted by Crippen LogP contribution is -2.25. The van der Waals surface area contributed by atoms with Crippen LogP contribution in [0.15, 0.2) is 0 Å². The van der Waals surface area contributed by atoms with E-state index in [-0.39, 0.29) is 12.1 Å². The van der Waals surface area contributed by atoms with E-state index in [9.17, 15) is 9.36 Å². The Morgan fingerprint density at radius 3 is 1.67 bits per heavy atom. The normalized spacial score (nSPS) is 11.0. The number of nitrogens with zero attached hydrogens (tertiary/aromatic N) is 1. The molecule has 0 saturated heterocycles. The smallest absolute Gasteiger partial charge is 0.389 e. The fraction of sp³-hybridized carbons (Fsp3) is 0.958. The van der Waals surface area contributed by atoms with Crippen molar-refractivity contribution in [3.05, 3.63) is 0 Å². The third kappa shape index (κ3) is 26.3. The number of esters is 1. The molecule has 0 fully saturated rings. The van der Waals surface area contributed by atoms with E-state index < -0.39 is 6.80 Å². The van der Waals surface area contributed by atoms with Gasteiger partial charge in [0.2, 0.25) is 0 Å². The molecule has 0 spiro atoms. The molecule has 0 aromatic carbocycles. The molecule has 0 rings (SSSR count). The molecule has 0 aliphatic carbocycles. The molecule has 202 valence electrons. The molecule has 0 bridgehead atoms. The van der Waals surface area contributed by atoms with Gasteiger partial charge in [0, 0.05) is 18.7 Å². The van der Waals surface area contributed by atoms with Crippen molar-refractivity contribution >= 4 is 24.1 Å². The van der Waals surface area contributed by atoms with Crippen molar-refractivity contribution in [2.45, 2.75) is 106 Å². The predicted molar refractivity (Wildman–Crippen MR) is 145 cm³/mol. The Kier molecular flexibility index (Phi) is 31.9. The van der Waals surface area contributed by atoms with E-state index in [1.165, 1.54) is 62.7 Å². The van der Waals surface area contributed by atoms with Crippen LogP contribution in [0, 0.1) is 0 Å². The molecule has 3 N–H and O–H groups in total. The Labute approximate surface area is 209 Å². The number of carbonyl (C=O) groups is 1. The summed E-state index contributed by atoms with van der Waals surface area (Å²) in [6.45, 7) is 13.4. The van der Waals surface area contributed by atoms with Gasteiger partial charge in [0.15, 0.2) is 0 Å². The van der Waals surface area contributed by atoms with Gasteiger partial charge in [0.25, 0.3) is 0 Å². The molecule has 0 aromatic rings. The van der Waals surface area contributed by atoms with Crippen LogP contribution >= 0.6 is 18.2 Å². The molecular formula is C24H55N2O5PS. The van der Waals surface area contributed by atoms with Crippen LogP contribution in [0.5, 0.6) is 0 Å². The molecule has 0 aromatic heterocycles. The second-order valence-corrected chi connectivity index (χ2v) is 11.7. The highest BCUT2D eigenvalue weighted by atomic mass is 32.7. The van der Waals surface area contributed by atoms with Crippen LogP contribution in [0.2, 0.25) is 0 Å². The van der Waals surface area contributed by atoms with E-state index in [2.05, 4.69) is 25.7 Å². The maximum Gasteiger partial charge on any atom is 0.389 e. The predicted octanol–water partition coefficient (Wildman–Crippen LogP) is 7.87. The zero-order valence-corrected chi connectivity index (χ0v) is 24.3. The fourth-order valence-electron chi connectivity index (χ4n) is 3.06. The van der Waals surface area contributed by atoms with Crippen molar-refractivity contribution in [1.82, 2.24) is 11.1 Å². The average Bonchev–Trinajstić information content (AvgIpc) is 2.76. The first kappa shape index (κ1) is 37.4. The summed E-state index contributed by atoms with van der Waals surface area (Å²) in [5.74, 6) is 0.740. The molecule has 0 radical (unpaired) electrons. The van der Waals surface area contributed by atoms with Gasteiger partial charge < -0.3 is 24.8 Å². The fourth-order valence-corrected chi connectivity index (χ4v) is 6.48. The van der Waals surface area contributed by atoms with Gasteiger partial charge in [-0.25, -0.2) is 4.57 Å². The van der Waals surface area contributed by atoms with Crippen molar-refractivity contribution in [2.75, 3.05) is 45.2 Å². The van der Waals surface area contributed by atoms with Crippen LogP contribution in [-0.2, 0) is 23.1 Å². The van der Waals surface area contributed by atoms with E-state index >= 15 is 0 Å². The molecule has 7 nitrogen and oxygen atoms in total. The summed E-state index contributed by atoms with van der Waals surface area (Å²) in [5, 5.41) is 0. The first-order valence-electron chi connectivity index (χ1n) is 12.8. The second kappa shape index (κ2) is 28.1. The summed E-state index contributed by atoms with van der Waals surface area (Å²) >= 11 is 1.30. The summed E-state index contributed by atoms with van der Waals surface area (Å²) in [5.41, 5.74) is 0. The minimum Gasteiger partial charge on any atom is -0.466 e. The number of rotatable bonds is 21. The number of carbonyl (C=O) groups excluding carboxylic acids is 1. The standard InChI is InChI=1S/C14H28O2.C10H24NO3PS.H3N/c1-3-5-6-7-8-9-10-11-12-13-14(15)16-4-2;1-5-11(6-2)9-10-16-15(12,13-7-3)14-8-4;/h3-13H2,1-2H3;5-10H2,1-4H3;1H3. The maximum absolute atomic E-state index is 12.1. The van der Waals surface area contributed by atoms with Gasteiger partial charge in [0.05, 0.1) is 19.8 Å². The quantitative estimate of drug-likeness (QED) is 0.0938. The molecule has 0 heterocycles. The number of ether oxygens (including phenoxy) is 1. The van der Waals surface area contributed by atoms with E-state index in [0.717, 1.165) is 31.8 Å². The van der Waals surface area contributed by atoms with Crippen molar-refractivity contribution in [3.63, 3.8) is 0 Å². The first-order valence-corrected chi connectivity index (χ1v) is 16.0. The van der Waals surface area contributed by atoms with Gasteiger partial charge in [-0.05, 0) is 51.7 Å². The van der Waals surface area contributed by atoms with E-state index in [4.69, 9.17) is 13.8 Å². The van der Waals surface area contributed by atoms with Gasteiger partial charge in [-0.3, -0.25) is 4.79 Å². The summed E-state index contributed by atoms with van der Waals surface area (Å²) < 4.78 is 27.3. The van der Waals surface area contributed by atoms with Crippen LogP contribution in [0.4, 0.5) is 0 Å². The highest BCUT2D eigenvalue weighted by molar-refractivity contribution is 8.55. The molecule has 0 saturated carbocycles. The van der Waals surface area contributed by atoms with Crippen LogP contribution in [0.25, 0.3) is 0 Å². The summed E-state index contributed by atoms with van der Waals surface area (Å²) in [4.78, 5) is 13.3. The Morgan fingerprint density at radius 2 is 1.24 bits per heavy atom. The monoisotopic (exact) mass is 514 g/mol. The molecule has 0 atom stereocenters. The van der Waals surface area contributed by atoms with Gasteiger partial charge in [-0.1, -0.05) is 72.1 Å². The summed E-state index contributed by atoms with van der Waals surface area (Å²) in [6.07, 6.45) is 12.2. The summed E-state index contributed by atoms with van der Waals surface area (Å²) in [7, 11) is 0. The third-order valence-corrected chi connectivity index (χ3v) is 8.87. The van der Waals surface area contributed by atoms with Crippen LogP contribution < -0.4 is 6.15 Å². The topological polar surface area (TPSA) is 100 Å². The van der Waals surface area contributed by atoms with E-state index in [1.54, 1.807) is 0 Å². The zero-order chi connectivity index (χ0) is 24.5. The van der Waals surface area contributed by atoms with Crippen LogP contribution in [-0.4, -0.2) is 56.1 Å². The Hall–Kier alpha value is -0.110. The van der Waals surface area contributed by atoms with E-state index in [1.807, 2.05) is 20.8 Å². The largest absolute Gasteiger partial charge is 0.466 e. The van der Waals surface area contributed by atoms with Crippen LogP contribution in [0.1, 0.15) is 106 Å². The van der Waals surface area contributed by atoms with Crippen molar-refractivity contribution < 1.29 is 23.1 Å². The van der Waals surface area contributed by atoms with Crippen molar-refractivity contribution in [3.8, 4) is 0 Å². The average molecular weight is 515 g/mol. The lowest BCUT2D eigenvalue weighted by atomic mass is 10.1. The Balaban J connectivity index is -0.000000529. The minimum absolute atomic E-state index is 0. The minimum atomic E-state index is -2.91. The molecule has 0 aliphatic rings. The molecule has 33 heavy (non-hydrogen) atoms. The highest BCUT2D eigenvalue weighted by Crippen LogP contribution is 2.60. The summed E-state index contributed by atoms with van der Waals surface area (Å²) in [6, 6.07) is 0. The van der Waals surface area contributed by atoms with Crippen molar-refractivity contribution in [2.24, 2.45) is 0 Å². The molecule has 0 aliphatic heterocycles. The number of unbranched alkanes of at least 4 members (excludes halogenated alkanes) is 8. The Morgan fingerprint density at radius 1 is 0.758 bits per heavy atom. The lowest BCUT2D eigenvalue weighted by Gasteiger charge is -2.20. The third-order valence-electron chi connectivity index (χ3n) is 4.92. The Bertz CT molecular complexity index is 445. The molecule has 0 unspecified atom stereocenters. The molecular weight excluding hydrogens is 459 g/mol. The molecule has 0 amide bonds. The lowest BCUT2D eigenvalue weighted by molar-refractivity contribution is -0.143. The SMILES string of the molecule is CCCCCCCCCCCC(=O)OCC.CCOP(=O)(OCC)SCCN(CC)CC.N. The zero-order valence-electron chi connectivity index (χ0n) is 22.6. The van der Waals surface area contributed by atoms with Crippen molar-refractivity contribution in [1.29, 1.82) is 0 Å².